The first-order valence-corrected chi connectivity index (χ1v) is 4.83. The number of nitrogens with one attached hydrogen (secondary N) is 1. The van der Waals surface area contributed by atoms with Crippen LogP contribution in [0.5, 0.6) is 0 Å². The Hall–Kier alpha value is -1.46. The maximum Gasteiger partial charge on any atom is 0.336 e. The highest BCUT2D eigenvalue weighted by Crippen LogP contribution is 2.06. The van der Waals surface area contributed by atoms with Crippen molar-refractivity contribution < 1.29 is 19.4 Å². The summed E-state index contributed by atoms with van der Waals surface area (Å²) in [6, 6.07) is 6.19. The number of aliphatic carboxylic acids is 1. The Morgan fingerprint density at radius 1 is 1.50 bits per heavy atom. The summed E-state index contributed by atoms with van der Waals surface area (Å²) >= 11 is 0. The normalized spacial score (nSPS) is 14.4. The van der Waals surface area contributed by atoms with Gasteiger partial charge in [-0.05, 0) is 13.0 Å². The Morgan fingerprint density at radius 2 is 2.12 bits per heavy atom. The SMILES string of the molecule is CC(O)(CNCc1ccccc1F)C(=O)O. The highest BCUT2D eigenvalue weighted by atomic mass is 19.1. The summed E-state index contributed by atoms with van der Waals surface area (Å²) in [5, 5.41) is 20.7. The average molecular weight is 227 g/mol. The smallest absolute Gasteiger partial charge is 0.336 e. The monoisotopic (exact) mass is 227 g/mol. The minimum Gasteiger partial charge on any atom is -0.479 e. The summed E-state index contributed by atoms with van der Waals surface area (Å²) < 4.78 is 13.1. The van der Waals surface area contributed by atoms with E-state index in [0.29, 0.717) is 5.56 Å². The molecule has 0 aliphatic rings. The second kappa shape index (κ2) is 5.05. The summed E-state index contributed by atoms with van der Waals surface area (Å²) in [7, 11) is 0. The molecule has 0 fully saturated rings. The third-order valence-corrected chi connectivity index (χ3v) is 2.20. The molecule has 1 aromatic carbocycles. The van der Waals surface area contributed by atoms with Crippen LogP contribution in [0.3, 0.4) is 0 Å². The Morgan fingerprint density at radius 3 is 2.69 bits per heavy atom. The number of carboxylic acid groups (broad SMARTS) is 1. The number of rotatable bonds is 5. The van der Waals surface area contributed by atoms with Crippen LogP contribution in [0.4, 0.5) is 4.39 Å². The predicted molar refractivity (Wildman–Crippen MR) is 56.4 cm³/mol. The van der Waals surface area contributed by atoms with E-state index < -0.39 is 11.6 Å². The number of carbonyl (C=O) groups is 1. The molecule has 0 bridgehead atoms. The van der Waals surface area contributed by atoms with Gasteiger partial charge in [0.2, 0.25) is 0 Å². The van der Waals surface area contributed by atoms with E-state index >= 15 is 0 Å². The number of benzene rings is 1. The van der Waals surface area contributed by atoms with Gasteiger partial charge in [-0.1, -0.05) is 18.2 Å². The van der Waals surface area contributed by atoms with Crippen LogP contribution in [-0.2, 0) is 11.3 Å². The van der Waals surface area contributed by atoms with E-state index in [0.717, 1.165) is 0 Å². The fourth-order valence-corrected chi connectivity index (χ4v) is 1.16. The molecule has 3 N–H and O–H groups in total. The lowest BCUT2D eigenvalue weighted by Gasteiger charge is -2.18. The van der Waals surface area contributed by atoms with Gasteiger partial charge < -0.3 is 15.5 Å². The highest BCUT2D eigenvalue weighted by molar-refractivity contribution is 5.76. The van der Waals surface area contributed by atoms with Crippen LogP contribution < -0.4 is 5.32 Å². The predicted octanol–water partition coefficient (Wildman–Crippen LogP) is 0.751. The number of hydrogen-bond acceptors (Lipinski definition) is 3. The number of hydrogen-bond donors (Lipinski definition) is 3. The van der Waals surface area contributed by atoms with Gasteiger partial charge in [0.05, 0.1) is 0 Å². The minimum absolute atomic E-state index is 0.142. The Kier molecular flexibility index (Phi) is 3.98. The van der Waals surface area contributed by atoms with E-state index in [1.807, 2.05) is 0 Å². The van der Waals surface area contributed by atoms with E-state index in [9.17, 15) is 14.3 Å². The lowest BCUT2D eigenvalue weighted by molar-refractivity contribution is -0.156. The molecule has 1 rings (SSSR count). The molecule has 88 valence electrons. The third-order valence-electron chi connectivity index (χ3n) is 2.20. The van der Waals surface area contributed by atoms with Crippen LogP contribution >= 0.6 is 0 Å². The summed E-state index contributed by atoms with van der Waals surface area (Å²) in [5.41, 5.74) is -1.41. The summed E-state index contributed by atoms with van der Waals surface area (Å²) in [4.78, 5) is 10.6. The van der Waals surface area contributed by atoms with Crippen LogP contribution in [0.15, 0.2) is 24.3 Å². The molecule has 0 aliphatic carbocycles. The highest BCUT2D eigenvalue weighted by Gasteiger charge is 2.29. The quantitative estimate of drug-likeness (QED) is 0.694. The van der Waals surface area contributed by atoms with Crippen LogP contribution in [0.2, 0.25) is 0 Å². The molecule has 0 heterocycles. The van der Waals surface area contributed by atoms with Crippen molar-refractivity contribution in [2.24, 2.45) is 0 Å². The molecule has 0 saturated carbocycles. The van der Waals surface area contributed by atoms with E-state index in [1.54, 1.807) is 18.2 Å². The summed E-state index contributed by atoms with van der Waals surface area (Å²) in [6.07, 6.45) is 0. The summed E-state index contributed by atoms with van der Waals surface area (Å²) in [5.74, 6) is -1.67. The molecule has 0 aliphatic heterocycles. The molecular formula is C11H14FNO3. The first-order chi connectivity index (χ1) is 7.43. The fourth-order valence-electron chi connectivity index (χ4n) is 1.16. The molecular weight excluding hydrogens is 213 g/mol. The molecule has 1 atom stereocenters. The van der Waals surface area contributed by atoms with Crippen molar-refractivity contribution >= 4 is 5.97 Å². The van der Waals surface area contributed by atoms with E-state index in [-0.39, 0.29) is 18.9 Å². The van der Waals surface area contributed by atoms with E-state index in [1.165, 1.54) is 13.0 Å². The van der Waals surface area contributed by atoms with Gasteiger partial charge in [0, 0.05) is 18.7 Å². The first-order valence-electron chi connectivity index (χ1n) is 4.83. The number of aliphatic hydroxyl groups is 1. The fraction of sp³-hybridized carbons (Fsp3) is 0.364. The number of halogens is 1. The molecule has 0 radical (unpaired) electrons. The Balaban J connectivity index is 2.48. The zero-order chi connectivity index (χ0) is 12.2. The third kappa shape index (κ3) is 3.29. The second-order valence-electron chi connectivity index (χ2n) is 3.77. The van der Waals surface area contributed by atoms with Gasteiger partial charge in [0.1, 0.15) is 5.82 Å². The van der Waals surface area contributed by atoms with Crippen molar-refractivity contribution in [1.82, 2.24) is 5.32 Å². The molecule has 4 nitrogen and oxygen atoms in total. The van der Waals surface area contributed by atoms with Gasteiger partial charge >= 0.3 is 5.97 Å². The van der Waals surface area contributed by atoms with Gasteiger partial charge in [-0.3, -0.25) is 0 Å². The van der Waals surface area contributed by atoms with Crippen molar-refractivity contribution in [3.05, 3.63) is 35.6 Å². The lowest BCUT2D eigenvalue weighted by Crippen LogP contribution is -2.44. The summed E-state index contributed by atoms with van der Waals surface area (Å²) in [6.45, 7) is 1.22. The van der Waals surface area contributed by atoms with Gasteiger partial charge in [-0.2, -0.15) is 0 Å². The van der Waals surface area contributed by atoms with Crippen LogP contribution in [-0.4, -0.2) is 28.3 Å². The van der Waals surface area contributed by atoms with E-state index in [2.05, 4.69) is 5.32 Å². The molecule has 1 aromatic rings. The molecule has 1 unspecified atom stereocenters. The van der Waals surface area contributed by atoms with Gasteiger partial charge in [-0.15, -0.1) is 0 Å². The van der Waals surface area contributed by atoms with Gasteiger partial charge in [0.15, 0.2) is 5.60 Å². The molecule has 16 heavy (non-hydrogen) atoms. The minimum atomic E-state index is -1.84. The van der Waals surface area contributed by atoms with E-state index in [4.69, 9.17) is 5.11 Å². The number of carboxylic acids is 1. The van der Waals surface area contributed by atoms with Crippen molar-refractivity contribution in [1.29, 1.82) is 0 Å². The van der Waals surface area contributed by atoms with Crippen molar-refractivity contribution in [2.75, 3.05) is 6.54 Å². The first kappa shape index (κ1) is 12.6. The van der Waals surface area contributed by atoms with Crippen molar-refractivity contribution in [2.45, 2.75) is 19.1 Å². The van der Waals surface area contributed by atoms with Gasteiger partial charge in [0.25, 0.3) is 0 Å². The van der Waals surface area contributed by atoms with Crippen LogP contribution in [0.1, 0.15) is 12.5 Å². The zero-order valence-electron chi connectivity index (χ0n) is 8.90. The molecule has 0 spiro atoms. The standard InChI is InChI=1S/C11H14FNO3/c1-11(16,10(14)15)7-13-6-8-4-2-3-5-9(8)12/h2-5,13,16H,6-7H2,1H3,(H,14,15). The zero-order valence-corrected chi connectivity index (χ0v) is 8.90. The maximum atomic E-state index is 13.1. The van der Waals surface area contributed by atoms with Gasteiger partial charge in [-0.25, -0.2) is 9.18 Å². The van der Waals surface area contributed by atoms with Crippen molar-refractivity contribution in [3.8, 4) is 0 Å². The average Bonchev–Trinajstić information content (AvgIpc) is 2.20. The molecule has 0 aromatic heterocycles. The molecule has 5 heteroatoms. The lowest BCUT2D eigenvalue weighted by atomic mass is 10.1. The maximum absolute atomic E-state index is 13.1. The Bertz CT molecular complexity index is 379. The van der Waals surface area contributed by atoms with Crippen molar-refractivity contribution in [3.63, 3.8) is 0 Å². The van der Waals surface area contributed by atoms with Crippen LogP contribution in [0, 0.1) is 5.82 Å². The topological polar surface area (TPSA) is 69.6 Å². The molecule has 0 amide bonds. The second-order valence-corrected chi connectivity index (χ2v) is 3.77. The largest absolute Gasteiger partial charge is 0.479 e. The molecule has 0 saturated heterocycles. The van der Waals surface area contributed by atoms with Crippen LogP contribution in [0.25, 0.3) is 0 Å². The Labute approximate surface area is 92.7 Å².